The molecule has 2 aromatic heterocycles. The summed E-state index contributed by atoms with van der Waals surface area (Å²) < 4.78 is 1.68. The van der Waals surface area contributed by atoms with Crippen LogP contribution in [-0.4, -0.2) is 14.8 Å². The third-order valence-electron chi connectivity index (χ3n) is 1.82. The molecule has 68 valence electrons. The second kappa shape index (κ2) is 3.30. The zero-order chi connectivity index (χ0) is 9.97. The standard InChI is InChI=1S/C10H8N4/c1-8-5-13-14(7-8)10-3-2-9(4-11)6-12-10/h2-3,5-7H,1H3. The van der Waals surface area contributed by atoms with E-state index in [0.717, 1.165) is 11.4 Å². The average molecular weight is 184 g/mol. The molecule has 2 heterocycles. The molecule has 0 radical (unpaired) electrons. The fraction of sp³-hybridized carbons (Fsp3) is 0.100. The maximum Gasteiger partial charge on any atom is 0.153 e. The maximum absolute atomic E-state index is 8.59. The van der Waals surface area contributed by atoms with Crippen LogP contribution in [0.5, 0.6) is 0 Å². The Hall–Kier alpha value is -2.15. The van der Waals surface area contributed by atoms with Crippen molar-refractivity contribution in [2.75, 3.05) is 0 Å². The summed E-state index contributed by atoms with van der Waals surface area (Å²) in [5.74, 6) is 0.720. The minimum Gasteiger partial charge on any atom is -0.236 e. The lowest BCUT2D eigenvalue weighted by molar-refractivity contribution is 0.846. The predicted molar refractivity (Wildman–Crippen MR) is 50.8 cm³/mol. The molecule has 14 heavy (non-hydrogen) atoms. The van der Waals surface area contributed by atoms with E-state index in [4.69, 9.17) is 5.26 Å². The summed E-state index contributed by atoms with van der Waals surface area (Å²) in [5, 5.41) is 12.7. The number of rotatable bonds is 1. The van der Waals surface area contributed by atoms with E-state index >= 15 is 0 Å². The lowest BCUT2D eigenvalue weighted by Crippen LogP contribution is -1.97. The highest BCUT2D eigenvalue weighted by Crippen LogP contribution is 2.05. The molecule has 4 heteroatoms. The van der Waals surface area contributed by atoms with Crippen molar-refractivity contribution in [3.8, 4) is 11.9 Å². The Morgan fingerprint density at radius 3 is 2.71 bits per heavy atom. The molecule has 0 amide bonds. The second-order valence-corrected chi connectivity index (χ2v) is 2.98. The van der Waals surface area contributed by atoms with Gasteiger partial charge in [-0.25, -0.2) is 9.67 Å². The number of aryl methyl sites for hydroxylation is 1. The van der Waals surface area contributed by atoms with Crippen LogP contribution < -0.4 is 0 Å². The van der Waals surface area contributed by atoms with Gasteiger partial charge in [0.25, 0.3) is 0 Å². The van der Waals surface area contributed by atoms with Gasteiger partial charge in [0.05, 0.1) is 11.8 Å². The second-order valence-electron chi connectivity index (χ2n) is 2.98. The molecule has 0 saturated carbocycles. The van der Waals surface area contributed by atoms with Crippen LogP contribution in [0.1, 0.15) is 11.1 Å². The first-order chi connectivity index (χ1) is 6.79. The van der Waals surface area contributed by atoms with Crippen LogP contribution in [-0.2, 0) is 0 Å². The van der Waals surface area contributed by atoms with Crippen molar-refractivity contribution in [3.63, 3.8) is 0 Å². The van der Waals surface area contributed by atoms with Gasteiger partial charge in [0.15, 0.2) is 5.82 Å². The Kier molecular flexibility index (Phi) is 1.99. The smallest absolute Gasteiger partial charge is 0.153 e. The number of hydrogen-bond acceptors (Lipinski definition) is 3. The molecular formula is C10H8N4. The first-order valence-electron chi connectivity index (χ1n) is 4.17. The largest absolute Gasteiger partial charge is 0.236 e. The molecular weight excluding hydrogens is 176 g/mol. The Labute approximate surface area is 81.4 Å². The SMILES string of the molecule is Cc1cnn(-c2ccc(C#N)cn2)c1. The number of aromatic nitrogens is 3. The van der Waals surface area contributed by atoms with E-state index < -0.39 is 0 Å². The van der Waals surface area contributed by atoms with Crippen LogP contribution in [0, 0.1) is 18.3 Å². The van der Waals surface area contributed by atoms with E-state index in [1.54, 1.807) is 23.0 Å². The van der Waals surface area contributed by atoms with Gasteiger partial charge in [0.1, 0.15) is 6.07 Å². The fourth-order valence-electron chi connectivity index (χ4n) is 1.13. The average Bonchev–Trinajstić information content (AvgIpc) is 2.65. The highest BCUT2D eigenvalue weighted by atomic mass is 15.3. The summed E-state index contributed by atoms with van der Waals surface area (Å²) in [5.41, 5.74) is 1.63. The Bertz CT molecular complexity index is 476. The summed E-state index contributed by atoms with van der Waals surface area (Å²) in [6.07, 6.45) is 5.18. The van der Waals surface area contributed by atoms with Crippen LogP contribution in [0.2, 0.25) is 0 Å². The highest BCUT2D eigenvalue weighted by molar-refractivity contribution is 5.31. The molecule has 0 aliphatic heterocycles. The zero-order valence-corrected chi connectivity index (χ0v) is 7.68. The normalized spacial score (nSPS) is 9.71. The van der Waals surface area contributed by atoms with E-state index in [1.165, 1.54) is 6.20 Å². The molecule has 0 N–H and O–H groups in total. The van der Waals surface area contributed by atoms with Crippen molar-refractivity contribution in [3.05, 3.63) is 41.9 Å². The van der Waals surface area contributed by atoms with Crippen molar-refractivity contribution in [2.45, 2.75) is 6.92 Å². The topological polar surface area (TPSA) is 54.5 Å². The van der Waals surface area contributed by atoms with Crippen LogP contribution in [0.4, 0.5) is 0 Å². The van der Waals surface area contributed by atoms with Crippen LogP contribution >= 0.6 is 0 Å². The van der Waals surface area contributed by atoms with Gasteiger partial charge < -0.3 is 0 Å². The number of nitriles is 1. The van der Waals surface area contributed by atoms with E-state index in [2.05, 4.69) is 10.1 Å². The number of hydrogen-bond donors (Lipinski definition) is 0. The van der Waals surface area contributed by atoms with E-state index in [9.17, 15) is 0 Å². The molecule has 4 nitrogen and oxygen atoms in total. The van der Waals surface area contributed by atoms with Crippen molar-refractivity contribution in [1.29, 1.82) is 5.26 Å². The molecule has 0 saturated heterocycles. The molecule has 0 fully saturated rings. The summed E-state index contributed by atoms with van der Waals surface area (Å²) in [4.78, 5) is 4.11. The van der Waals surface area contributed by atoms with Gasteiger partial charge >= 0.3 is 0 Å². The van der Waals surface area contributed by atoms with Crippen molar-refractivity contribution in [1.82, 2.24) is 14.8 Å². The lowest BCUT2D eigenvalue weighted by atomic mass is 10.3. The van der Waals surface area contributed by atoms with Crippen LogP contribution in [0.3, 0.4) is 0 Å². The number of pyridine rings is 1. The molecule has 2 rings (SSSR count). The molecule has 0 aromatic carbocycles. The lowest BCUT2D eigenvalue weighted by Gasteiger charge is -1.98. The van der Waals surface area contributed by atoms with Crippen molar-refractivity contribution >= 4 is 0 Å². The minimum absolute atomic E-state index is 0.553. The minimum atomic E-state index is 0.553. The summed E-state index contributed by atoms with van der Waals surface area (Å²) in [7, 11) is 0. The van der Waals surface area contributed by atoms with E-state index in [0.29, 0.717) is 5.56 Å². The van der Waals surface area contributed by atoms with Gasteiger partial charge in [-0.2, -0.15) is 10.4 Å². The first-order valence-corrected chi connectivity index (χ1v) is 4.17. The van der Waals surface area contributed by atoms with Gasteiger partial charge in [0, 0.05) is 12.4 Å². The Balaban J connectivity index is 2.39. The third kappa shape index (κ3) is 1.48. The summed E-state index contributed by atoms with van der Waals surface area (Å²) in [6.45, 7) is 1.97. The van der Waals surface area contributed by atoms with Crippen LogP contribution in [0.25, 0.3) is 5.82 Å². The van der Waals surface area contributed by atoms with Gasteiger partial charge in [-0.15, -0.1) is 0 Å². The highest BCUT2D eigenvalue weighted by Gasteiger charge is 1.98. The summed E-state index contributed by atoms with van der Waals surface area (Å²) in [6, 6.07) is 5.51. The fourth-order valence-corrected chi connectivity index (χ4v) is 1.13. The molecule has 0 bridgehead atoms. The molecule has 0 spiro atoms. The van der Waals surface area contributed by atoms with Crippen LogP contribution in [0.15, 0.2) is 30.7 Å². The maximum atomic E-state index is 8.59. The van der Waals surface area contributed by atoms with E-state index in [1.807, 2.05) is 19.2 Å². The Morgan fingerprint density at radius 2 is 2.21 bits per heavy atom. The third-order valence-corrected chi connectivity index (χ3v) is 1.82. The van der Waals surface area contributed by atoms with Gasteiger partial charge in [-0.3, -0.25) is 0 Å². The van der Waals surface area contributed by atoms with Gasteiger partial charge in [-0.05, 0) is 24.6 Å². The van der Waals surface area contributed by atoms with Crippen molar-refractivity contribution < 1.29 is 0 Å². The first kappa shape index (κ1) is 8.45. The molecule has 0 atom stereocenters. The zero-order valence-electron chi connectivity index (χ0n) is 7.68. The summed E-state index contributed by atoms with van der Waals surface area (Å²) >= 11 is 0. The molecule has 2 aromatic rings. The van der Waals surface area contributed by atoms with Gasteiger partial charge in [-0.1, -0.05) is 0 Å². The van der Waals surface area contributed by atoms with Crippen molar-refractivity contribution in [2.24, 2.45) is 0 Å². The molecule has 0 aliphatic rings. The van der Waals surface area contributed by atoms with E-state index in [-0.39, 0.29) is 0 Å². The van der Waals surface area contributed by atoms with Gasteiger partial charge in [0.2, 0.25) is 0 Å². The number of nitrogens with zero attached hydrogens (tertiary/aromatic N) is 4. The monoisotopic (exact) mass is 184 g/mol. The molecule has 0 unspecified atom stereocenters. The molecule has 0 aliphatic carbocycles. The Morgan fingerprint density at radius 1 is 1.36 bits per heavy atom. The quantitative estimate of drug-likeness (QED) is 0.674. The predicted octanol–water partition coefficient (Wildman–Crippen LogP) is 1.45.